The second-order valence-electron chi connectivity index (χ2n) is 19.1. The SMILES string of the molecule is CN(C)C(=O)c1ccc(C(=O)NC(=N[C@H]2CCCCN(CC(=O)N3CCCC3)C2=O)Nc2ccc3c(c2)C=CC3)cn1.O=C(CN1CCCC[C@H](NC(=S)Nc2ccc3c(c2)C=CC3)C1=O)N1CCCC1. The van der Waals surface area contributed by atoms with E-state index >= 15 is 0 Å². The molecule has 3 aromatic rings. The molecule has 4 saturated heterocycles. The molecule has 4 aliphatic heterocycles. The number of carbonyl (C=O) groups is 6. The van der Waals surface area contributed by atoms with Gasteiger partial charge in [0, 0.05) is 70.9 Å². The van der Waals surface area contributed by atoms with E-state index in [2.05, 4.69) is 56.6 Å². The van der Waals surface area contributed by atoms with Crippen molar-refractivity contribution in [1.29, 1.82) is 0 Å². The number of likely N-dealkylation sites (tertiary alicyclic amines) is 4. The van der Waals surface area contributed by atoms with Gasteiger partial charge in [-0.05, 0) is 148 Å². The molecule has 0 unspecified atom stereocenters. The Kier molecular flexibility index (Phi) is 16.9. The number of nitrogens with zero attached hydrogens (tertiary/aromatic N) is 7. The first-order valence-electron chi connectivity index (χ1n) is 25.0. The minimum absolute atomic E-state index is 0.0314. The molecule has 9 rings (SSSR count). The third-order valence-corrected chi connectivity index (χ3v) is 13.9. The number of amides is 6. The predicted octanol–water partition coefficient (Wildman–Crippen LogP) is 5.10. The first kappa shape index (κ1) is 50.4. The van der Waals surface area contributed by atoms with Crippen LogP contribution in [0.2, 0.25) is 0 Å². The third-order valence-electron chi connectivity index (χ3n) is 13.7. The standard InChI is InChI=1S/C31H37N7O4.C22H28N4O2S/c1-36(2)29(41)25-14-12-23(19-32-25)28(40)35-31(33-24-13-11-21-8-7-9-22(21)18-24)34-26-10-3-4-17-38(30(26)42)20-27(39)37-15-5-6-16-37;27-20(25-11-3-4-12-25)15-26-13-2-1-8-19(21(26)28)24-22(29)23-18-10-9-16-6-5-7-17(16)14-18/h7,9,11-14,18-19,26H,3-6,8,10,15-17,20H2,1-2H3,(H2,33,34,35,40);5,7,9-10,14,19H,1-4,6,8,11-13,15H2,(H2,23,24,29)/t26-;19-/m00/s1. The number of fused-ring (bicyclic) bond motifs is 2. The van der Waals surface area contributed by atoms with E-state index in [1.807, 2.05) is 40.1 Å². The van der Waals surface area contributed by atoms with E-state index in [1.165, 1.54) is 39.9 Å². The summed E-state index contributed by atoms with van der Waals surface area (Å²) in [5.41, 5.74) is 6.89. The summed E-state index contributed by atoms with van der Waals surface area (Å²) in [6.45, 7) is 4.44. The fraction of sp³-hybridized carbons (Fsp3) is 0.453. The van der Waals surface area contributed by atoms with Gasteiger partial charge < -0.3 is 40.4 Å². The second-order valence-corrected chi connectivity index (χ2v) is 19.5. The van der Waals surface area contributed by atoms with Gasteiger partial charge in [-0.15, -0.1) is 0 Å². The minimum Gasteiger partial charge on any atom is -0.351 e. The van der Waals surface area contributed by atoms with Gasteiger partial charge in [-0.25, -0.2) is 4.99 Å². The number of aliphatic imine (C=N–C) groups is 1. The molecule has 6 amide bonds. The van der Waals surface area contributed by atoms with Crippen LogP contribution in [0.3, 0.4) is 0 Å². The Balaban J connectivity index is 0.000000204. The largest absolute Gasteiger partial charge is 0.351 e. The Bertz CT molecular complexity index is 2580. The molecule has 2 aromatic carbocycles. The van der Waals surface area contributed by atoms with E-state index < -0.39 is 18.0 Å². The molecule has 6 aliphatic rings. The summed E-state index contributed by atoms with van der Waals surface area (Å²) in [6.07, 6.45) is 20.3. The number of hydrogen-bond donors (Lipinski definition) is 4. The first-order valence-corrected chi connectivity index (χ1v) is 25.4. The lowest BCUT2D eigenvalue weighted by atomic mass is 10.1. The van der Waals surface area contributed by atoms with Gasteiger partial charge in [-0.3, -0.25) is 39.1 Å². The number of benzene rings is 2. The number of guanidine groups is 1. The molecule has 5 heterocycles. The van der Waals surface area contributed by atoms with E-state index in [9.17, 15) is 28.8 Å². The lowest BCUT2D eigenvalue weighted by molar-refractivity contribution is -0.140. The van der Waals surface area contributed by atoms with Crippen LogP contribution in [0.25, 0.3) is 12.2 Å². The average molecular weight is 984 g/mol. The quantitative estimate of drug-likeness (QED) is 0.120. The number of rotatable bonds is 10. The van der Waals surface area contributed by atoms with Crippen LogP contribution >= 0.6 is 12.2 Å². The number of aromatic nitrogens is 1. The lowest BCUT2D eigenvalue weighted by Crippen LogP contribution is -2.51. The molecule has 18 heteroatoms. The molecule has 0 spiro atoms. The van der Waals surface area contributed by atoms with E-state index in [0.29, 0.717) is 30.3 Å². The summed E-state index contributed by atoms with van der Waals surface area (Å²) >= 11 is 5.47. The number of allylic oxidation sites excluding steroid dienone is 2. The minimum atomic E-state index is -0.755. The van der Waals surface area contributed by atoms with Crippen molar-refractivity contribution in [2.75, 3.05) is 77.1 Å². The monoisotopic (exact) mass is 983 g/mol. The van der Waals surface area contributed by atoms with Gasteiger partial charge in [-0.1, -0.05) is 36.4 Å². The zero-order chi connectivity index (χ0) is 49.9. The zero-order valence-electron chi connectivity index (χ0n) is 40.8. The Morgan fingerprint density at radius 1 is 0.690 bits per heavy atom. The smallest absolute Gasteiger partial charge is 0.271 e. The molecule has 1 aromatic heterocycles. The van der Waals surface area contributed by atoms with Crippen molar-refractivity contribution in [3.63, 3.8) is 0 Å². The highest BCUT2D eigenvalue weighted by molar-refractivity contribution is 7.80. The maximum absolute atomic E-state index is 13.6. The first-order chi connectivity index (χ1) is 34.4. The maximum Gasteiger partial charge on any atom is 0.271 e. The normalized spacial score (nSPS) is 19.5. The molecule has 0 saturated carbocycles. The van der Waals surface area contributed by atoms with Crippen molar-refractivity contribution in [2.45, 2.75) is 89.1 Å². The Morgan fingerprint density at radius 2 is 1.24 bits per heavy atom. The van der Waals surface area contributed by atoms with Gasteiger partial charge >= 0.3 is 0 Å². The molecular formula is C53H65N11O6S. The molecular weight excluding hydrogens is 919 g/mol. The molecule has 0 radical (unpaired) electrons. The summed E-state index contributed by atoms with van der Waals surface area (Å²) in [7, 11) is 3.26. The number of pyridine rings is 1. The number of thiocarbonyl (C=S) groups is 1. The Morgan fingerprint density at radius 3 is 1.80 bits per heavy atom. The van der Waals surface area contributed by atoms with Gasteiger partial charge in [0.05, 0.1) is 18.7 Å². The Hall–Kier alpha value is -6.95. The predicted molar refractivity (Wildman–Crippen MR) is 279 cm³/mol. The molecule has 17 nitrogen and oxygen atoms in total. The van der Waals surface area contributed by atoms with Crippen LogP contribution in [0.5, 0.6) is 0 Å². The summed E-state index contributed by atoms with van der Waals surface area (Å²) in [4.78, 5) is 94.7. The third kappa shape index (κ3) is 13.3. The molecule has 0 bridgehead atoms. The molecule has 374 valence electrons. The van der Waals surface area contributed by atoms with Crippen molar-refractivity contribution >= 4 is 82.3 Å². The fourth-order valence-electron chi connectivity index (χ4n) is 9.65. The van der Waals surface area contributed by atoms with Crippen molar-refractivity contribution in [3.8, 4) is 0 Å². The van der Waals surface area contributed by atoms with Crippen molar-refractivity contribution in [2.24, 2.45) is 4.99 Å². The molecule has 4 fully saturated rings. The van der Waals surface area contributed by atoms with Crippen molar-refractivity contribution in [1.82, 2.24) is 40.1 Å². The molecule has 2 atom stereocenters. The highest BCUT2D eigenvalue weighted by Crippen LogP contribution is 2.25. The topological polar surface area (TPSA) is 192 Å². The van der Waals surface area contributed by atoms with Crippen molar-refractivity contribution in [3.05, 3.63) is 100 Å². The van der Waals surface area contributed by atoms with Crippen LogP contribution in [0, 0.1) is 0 Å². The van der Waals surface area contributed by atoms with E-state index in [4.69, 9.17) is 17.2 Å². The number of anilines is 2. The van der Waals surface area contributed by atoms with Crippen LogP contribution in [0.1, 0.15) is 107 Å². The summed E-state index contributed by atoms with van der Waals surface area (Å²) in [5.74, 6) is -0.858. The zero-order valence-corrected chi connectivity index (χ0v) is 41.6. The van der Waals surface area contributed by atoms with Crippen LogP contribution in [-0.2, 0) is 32.0 Å². The summed E-state index contributed by atoms with van der Waals surface area (Å²) < 4.78 is 0. The van der Waals surface area contributed by atoms with Crippen LogP contribution < -0.4 is 21.3 Å². The number of nitrogens with one attached hydrogen (secondary N) is 4. The molecule has 71 heavy (non-hydrogen) atoms. The average Bonchev–Trinajstić information content (AvgIpc) is 4.22. The van der Waals surface area contributed by atoms with E-state index in [-0.39, 0.29) is 59.8 Å². The fourth-order valence-corrected chi connectivity index (χ4v) is 9.91. The number of hydrogen-bond acceptors (Lipinski definition) is 9. The van der Waals surface area contributed by atoms with E-state index in [1.54, 1.807) is 23.9 Å². The molecule has 4 N–H and O–H groups in total. The van der Waals surface area contributed by atoms with Crippen LogP contribution in [-0.4, -0.2) is 155 Å². The van der Waals surface area contributed by atoms with Crippen LogP contribution in [0.15, 0.2) is 71.9 Å². The van der Waals surface area contributed by atoms with Gasteiger partial charge in [0.25, 0.3) is 11.8 Å². The number of carbonyl (C=O) groups excluding carboxylic acids is 6. The summed E-state index contributed by atoms with van der Waals surface area (Å²) in [6, 6.07) is 14.0. The highest BCUT2D eigenvalue weighted by atomic mass is 32.1. The van der Waals surface area contributed by atoms with Crippen molar-refractivity contribution < 1.29 is 28.8 Å². The highest BCUT2D eigenvalue weighted by Gasteiger charge is 2.32. The van der Waals surface area contributed by atoms with E-state index in [0.717, 1.165) is 108 Å². The molecule has 2 aliphatic carbocycles. The van der Waals surface area contributed by atoms with Gasteiger partial charge in [0.15, 0.2) is 5.11 Å². The maximum atomic E-state index is 13.6. The van der Waals surface area contributed by atoms with Gasteiger partial charge in [0.2, 0.25) is 29.6 Å². The van der Waals surface area contributed by atoms with Gasteiger partial charge in [-0.2, -0.15) is 0 Å². The van der Waals surface area contributed by atoms with Gasteiger partial charge in [0.1, 0.15) is 17.8 Å². The van der Waals surface area contributed by atoms with Crippen LogP contribution in [0.4, 0.5) is 11.4 Å². The second kappa shape index (κ2) is 23.8. The lowest BCUT2D eigenvalue weighted by Gasteiger charge is -2.27. The Labute approximate surface area is 421 Å². The summed E-state index contributed by atoms with van der Waals surface area (Å²) in [5, 5.41) is 12.8.